The Bertz CT molecular complexity index is 386. The van der Waals surface area contributed by atoms with Gasteiger partial charge >= 0.3 is 0 Å². The fourth-order valence-corrected chi connectivity index (χ4v) is 1.99. The number of hydrogen-bond acceptors (Lipinski definition) is 2. The number of aromatic nitrogens is 2. The summed E-state index contributed by atoms with van der Waals surface area (Å²) in [5, 5.41) is 15.0. The van der Waals surface area contributed by atoms with E-state index in [9.17, 15) is 5.11 Å². The summed E-state index contributed by atoms with van der Waals surface area (Å²) in [6, 6.07) is 0.328. The van der Waals surface area contributed by atoms with Gasteiger partial charge in [0.25, 0.3) is 0 Å². The van der Waals surface area contributed by atoms with Crippen molar-refractivity contribution in [2.75, 3.05) is 0 Å². The molecule has 17 heavy (non-hydrogen) atoms. The average Bonchev–Trinajstić information content (AvgIpc) is 2.54. The lowest BCUT2D eigenvalue weighted by Crippen LogP contribution is -2.15. The van der Waals surface area contributed by atoms with Crippen LogP contribution in [-0.2, 0) is 5.41 Å². The Labute approximate surface area is 105 Å². The molecular weight excluding hydrogens is 212 g/mol. The molecule has 0 aliphatic rings. The Morgan fingerprint density at radius 1 is 1.24 bits per heavy atom. The zero-order chi connectivity index (χ0) is 13.4. The van der Waals surface area contributed by atoms with Gasteiger partial charge in [-0.05, 0) is 19.3 Å². The Morgan fingerprint density at radius 2 is 1.76 bits per heavy atom. The van der Waals surface area contributed by atoms with Gasteiger partial charge < -0.3 is 5.11 Å². The lowest BCUT2D eigenvalue weighted by molar-refractivity contribution is 0.428. The van der Waals surface area contributed by atoms with Gasteiger partial charge in [-0.3, -0.25) is 4.68 Å². The lowest BCUT2D eigenvalue weighted by atomic mass is 9.90. The molecule has 0 fully saturated rings. The van der Waals surface area contributed by atoms with Gasteiger partial charge in [0.2, 0.25) is 0 Å². The van der Waals surface area contributed by atoms with Gasteiger partial charge in [-0.15, -0.1) is 0 Å². The quantitative estimate of drug-likeness (QED) is 0.865. The minimum absolute atomic E-state index is 0.119. The maximum atomic E-state index is 10.4. The topological polar surface area (TPSA) is 38.0 Å². The normalized spacial score (nSPS) is 14.4. The van der Waals surface area contributed by atoms with E-state index >= 15 is 0 Å². The first-order valence-corrected chi connectivity index (χ1v) is 6.52. The standard InChI is InChI=1S/C14H26N2O/c1-8-10(4)16-11(9(2)3)12(17)13(15-16)14(5,6)7/h9-10,17H,8H2,1-7H3. The molecule has 0 radical (unpaired) electrons. The second-order valence-corrected chi connectivity index (χ2v) is 6.19. The van der Waals surface area contributed by atoms with Gasteiger partial charge in [0, 0.05) is 11.5 Å². The molecule has 1 atom stereocenters. The van der Waals surface area contributed by atoms with Gasteiger partial charge in [-0.2, -0.15) is 5.10 Å². The van der Waals surface area contributed by atoms with Gasteiger partial charge in [-0.25, -0.2) is 0 Å². The SMILES string of the molecule is CCC(C)n1nc(C(C)(C)C)c(O)c1C(C)C. The van der Waals surface area contributed by atoms with Crippen LogP contribution in [0.2, 0.25) is 0 Å². The van der Waals surface area contributed by atoms with Crippen LogP contribution in [0.25, 0.3) is 0 Å². The first-order valence-electron chi connectivity index (χ1n) is 6.52. The van der Waals surface area contributed by atoms with E-state index in [1.807, 2.05) is 4.68 Å². The van der Waals surface area contributed by atoms with Crippen LogP contribution in [0.3, 0.4) is 0 Å². The maximum absolute atomic E-state index is 10.4. The molecule has 98 valence electrons. The molecule has 0 saturated carbocycles. The van der Waals surface area contributed by atoms with Crippen molar-refractivity contribution in [2.24, 2.45) is 0 Å². The molecule has 1 aromatic heterocycles. The van der Waals surface area contributed by atoms with Crippen molar-refractivity contribution in [1.82, 2.24) is 9.78 Å². The molecule has 0 aromatic carbocycles. The van der Waals surface area contributed by atoms with Crippen LogP contribution in [-0.4, -0.2) is 14.9 Å². The first-order chi connectivity index (χ1) is 7.70. The number of nitrogens with zero attached hydrogens (tertiary/aromatic N) is 2. The predicted octanol–water partition coefficient (Wildman–Crippen LogP) is 3.98. The maximum Gasteiger partial charge on any atom is 0.160 e. The van der Waals surface area contributed by atoms with E-state index in [-0.39, 0.29) is 11.3 Å². The van der Waals surface area contributed by atoms with Crippen LogP contribution in [0, 0.1) is 0 Å². The van der Waals surface area contributed by atoms with E-state index in [1.165, 1.54) is 0 Å². The molecule has 0 aliphatic carbocycles. The average molecular weight is 238 g/mol. The van der Waals surface area contributed by atoms with Crippen LogP contribution >= 0.6 is 0 Å². The summed E-state index contributed by atoms with van der Waals surface area (Å²) in [5.41, 5.74) is 1.65. The largest absolute Gasteiger partial charge is 0.504 e. The number of rotatable bonds is 3. The predicted molar refractivity (Wildman–Crippen MR) is 71.7 cm³/mol. The smallest absolute Gasteiger partial charge is 0.160 e. The molecule has 1 aromatic rings. The van der Waals surface area contributed by atoms with Crippen molar-refractivity contribution in [2.45, 2.75) is 72.3 Å². The molecule has 1 N–H and O–H groups in total. The van der Waals surface area contributed by atoms with Gasteiger partial charge in [0.05, 0.1) is 5.69 Å². The Morgan fingerprint density at radius 3 is 2.12 bits per heavy atom. The van der Waals surface area contributed by atoms with E-state index in [0.29, 0.717) is 11.8 Å². The second-order valence-electron chi connectivity index (χ2n) is 6.19. The lowest BCUT2D eigenvalue weighted by Gasteiger charge is -2.16. The molecule has 0 saturated heterocycles. The second kappa shape index (κ2) is 4.71. The van der Waals surface area contributed by atoms with E-state index in [4.69, 9.17) is 0 Å². The van der Waals surface area contributed by atoms with E-state index in [2.05, 4.69) is 53.6 Å². The summed E-state index contributed by atoms with van der Waals surface area (Å²) in [4.78, 5) is 0. The third-order valence-electron chi connectivity index (χ3n) is 3.19. The third-order valence-corrected chi connectivity index (χ3v) is 3.19. The number of aromatic hydroxyl groups is 1. The molecule has 1 unspecified atom stereocenters. The molecule has 1 rings (SSSR count). The van der Waals surface area contributed by atoms with E-state index in [1.54, 1.807) is 0 Å². The molecule has 0 amide bonds. The first kappa shape index (κ1) is 14.1. The molecule has 0 aliphatic heterocycles. The summed E-state index contributed by atoms with van der Waals surface area (Å²) >= 11 is 0. The summed E-state index contributed by atoms with van der Waals surface area (Å²) in [5.74, 6) is 0.667. The molecule has 0 spiro atoms. The number of hydrogen-bond donors (Lipinski definition) is 1. The minimum Gasteiger partial charge on any atom is -0.504 e. The fourth-order valence-electron chi connectivity index (χ4n) is 1.99. The van der Waals surface area contributed by atoms with Crippen LogP contribution in [0.1, 0.15) is 78.2 Å². The monoisotopic (exact) mass is 238 g/mol. The third kappa shape index (κ3) is 2.64. The fraction of sp³-hybridized carbons (Fsp3) is 0.786. The summed E-state index contributed by atoms with van der Waals surface area (Å²) in [7, 11) is 0. The van der Waals surface area contributed by atoms with E-state index < -0.39 is 0 Å². The minimum atomic E-state index is -0.119. The Kier molecular flexibility index (Phi) is 3.90. The summed E-state index contributed by atoms with van der Waals surface area (Å²) in [6.07, 6.45) is 1.02. The molecule has 3 heteroatoms. The van der Waals surface area contributed by atoms with E-state index in [0.717, 1.165) is 17.8 Å². The van der Waals surface area contributed by atoms with Crippen molar-refractivity contribution < 1.29 is 5.11 Å². The highest BCUT2D eigenvalue weighted by Gasteiger charge is 2.28. The Hall–Kier alpha value is -0.990. The van der Waals surface area contributed by atoms with Gasteiger partial charge in [-0.1, -0.05) is 41.5 Å². The van der Waals surface area contributed by atoms with Gasteiger partial charge in [0.15, 0.2) is 5.75 Å². The van der Waals surface area contributed by atoms with Crippen molar-refractivity contribution in [3.63, 3.8) is 0 Å². The molecular formula is C14H26N2O. The molecule has 3 nitrogen and oxygen atoms in total. The molecule has 0 bridgehead atoms. The highest BCUT2D eigenvalue weighted by molar-refractivity contribution is 5.38. The zero-order valence-electron chi connectivity index (χ0n) is 12.2. The summed E-state index contributed by atoms with van der Waals surface area (Å²) < 4.78 is 2.00. The summed E-state index contributed by atoms with van der Waals surface area (Å²) in [6.45, 7) is 14.7. The van der Waals surface area contributed by atoms with Crippen LogP contribution < -0.4 is 0 Å². The Balaban J connectivity index is 3.40. The van der Waals surface area contributed by atoms with Crippen molar-refractivity contribution in [3.8, 4) is 5.75 Å². The van der Waals surface area contributed by atoms with Crippen LogP contribution in [0.15, 0.2) is 0 Å². The highest BCUT2D eigenvalue weighted by atomic mass is 16.3. The highest BCUT2D eigenvalue weighted by Crippen LogP contribution is 2.37. The van der Waals surface area contributed by atoms with Crippen LogP contribution in [0.4, 0.5) is 0 Å². The van der Waals surface area contributed by atoms with Crippen molar-refractivity contribution in [3.05, 3.63) is 11.4 Å². The van der Waals surface area contributed by atoms with Crippen molar-refractivity contribution in [1.29, 1.82) is 0 Å². The van der Waals surface area contributed by atoms with Crippen molar-refractivity contribution >= 4 is 0 Å². The zero-order valence-corrected chi connectivity index (χ0v) is 12.2. The van der Waals surface area contributed by atoms with Gasteiger partial charge in [0.1, 0.15) is 5.69 Å². The molecule has 1 heterocycles. The van der Waals surface area contributed by atoms with Crippen LogP contribution in [0.5, 0.6) is 5.75 Å².